The number of nitrogens with zero attached hydrogens (tertiary/aromatic N) is 2. The lowest BCUT2D eigenvalue weighted by atomic mass is 10.0. The first kappa shape index (κ1) is 21.3. The molecule has 0 aromatic heterocycles. The van der Waals surface area contributed by atoms with Crippen LogP contribution in [0.2, 0.25) is 0 Å². The van der Waals surface area contributed by atoms with Crippen molar-refractivity contribution < 1.29 is 14.3 Å². The Morgan fingerprint density at radius 3 is 2.41 bits per heavy atom. The summed E-state index contributed by atoms with van der Waals surface area (Å²) in [5, 5.41) is 5.66. The van der Waals surface area contributed by atoms with Crippen LogP contribution < -0.4 is 10.6 Å². The SMILES string of the molecule is CNC(=O)c1ccc(CN(C)CC(=O)NCC(C)(C)N2CCOCC2)cc1. The maximum Gasteiger partial charge on any atom is 0.251 e. The second-order valence-corrected chi connectivity index (χ2v) is 7.64. The van der Waals surface area contributed by atoms with Crippen LogP contribution in [0.1, 0.15) is 29.8 Å². The van der Waals surface area contributed by atoms with Gasteiger partial charge in [-0.05, 0) is 38.6 Å². The maximum absolute atomic E-state index is 12.3. The molecular formula is C20H32N4O3. The number of carbonyl (C=O) groups excluding carboxylic acids is 2. The van der Waals surface area contributed by atoms with Gasteiger partial charge in [-0.15, -0.1) is 0 Å². The summed E-state index contributed by atoms with van der Waals surface area (Å²) in [4.78, 5) is 28.2. The van der Waals surface area contributed by atoms with Crippen molar-refractivity contribution in [3.8, 4) is 0 Å². The van der Waals surface area contributed by atoms with E-state index >= 15 is 0 Å². The molecule has 1 aromatic rings. The number of carbonyl (C=O) groups is 2. The Morgan fingerprint density at radius 2 is 1.81 bits per heavy atom. The van der Waals surface area contributed by atoms with Crippen molar-refractivity contribution in [2.75, 3.05) is 53.5 Å². The van der Waals surface area contributed by atoms with Gasteiger partial charge in [0.25, 0.3) is 5.91 Å². The molecule has 0 radical (unpaired) electrons. The lowest BCUT2D eigenvalue weighted by Gasteiger charge is -2.40. The highest BCUT2D eigenvalue weighted by atomic mass is 16.5. The van der Waals surface area contributed by atoms with Gasteiger partial charge in [0.1, 0.15) is 0 Å². The molecule has 0 unspecified atom stereocenters. The number of morpholine rings is 1. The molecule has 0 spiro atoms. The Kier molecular flexibility index (Phi) is 7.77. The zero-order valence-corrected chi connectivity index (χ0v) is 16.9. The summed E-state index contributed by atoms with van der Waals surface area (Å²) < 4.78 is 5.40. The summed E-state index contributed by atoms with van der Waals surface area (Å²) in [7, 11) is 3.53. The van der Waals surface area contributed by atoms with Crippen LogP contribution in [0.15, 0.2) is 24.3 Å². The van der Waals surface area contributed by atoms with Gasteiger partial charge < -0.3 is 15.4 Å². The summed E-state index contributed by atoms with van der Waals surface area (Å²) in [5.74, 6) is -0.0852. The van der Waals surface area contributed by atoms with E-state index in [1.165, 1.54) is 0 Å². The van der Waals surface area contributed by atoms with Crippen molar-refractivity contribution >= 4 is 11.8 Å². The third-order valence-electron chi connectivity index (χ3n) is 4.89. The molecule has 7 heteroatoms. The summed E-state index contributed by atoms with van der Waals surface area (Å²) in [5.41, 5.74) is 1.60. The third kappa shape index (κ3) is 6.61. The quantitative estimate of drug-likeness (QED) is 0.699. The van der Waals surface area contributed by atoms with Crippen molar-refractivity contribution in [2.24, 2.45) is 0 Å². The molecule has 1 aliphatic heterocycles. The van der Waals surface area contributed by atoms with E-state index in [0.29, 0.717) is 25.2 Å². The Bertz CT molecular complexity index is 625. The van der Waals surface area contributed by atoms with Crippen LogP contribution in [0, 0.1) is 0 Å². The molecular weight excluding hydrogens is 344 g/mol. The predicted octanol–water partition coefficient (Wildman–Crippen LogP) is 0.705. The second kappa shape index (κ2) is 9.82. The van der Waals surface area contributed by atoms with Crippen LogP contribution in [-0.2, 0) is 16.1 Å². The monoisotopic (exact) mass is 376 g/mol. The first-order valence-corrected chi connectivity index (χ1v) is 9.41. The van der Waals surface area contributed by atoms with Crippen LogP contribution in [-0.4, -0.2) is 80.6 Å². The van der Waals surface area contributed by atoms with E-state index in [2.05, 4.69) is 29.4 Å². The summed E-state index contributed by atoms with van der Waals surface area (Å²) in [6.07, 6.45) is 0. The van der Waals surface area contributed by atoms with Gasteiger partial charge in [0.2, 0.25) is 5.91 Å². The molecule has 1 heterocycles. The maximum atomic E-state index is 12.3. The van der Waals surface area contributed by atoms with E-state index in [9.17, 15) is 9.59 Å². The molecule has 1 aliphatic rings. The standard InChI is InChI=1S/C20H32N4O3/c1-20(2,24-9-11-27-12-10-24)15-22-18(25)14-23(4)13-16-5-7-17(8-6-16)19(26)21-3/h5-8H,9-15H2,1-4H3,(H,21,26)(H,22,25). The van der Waals surface area contributed by atoms with Crippen LogP contribution in [0.4, 0.5) is 0 Å². The van der Waals surface area contributed by atoms with Crippen LogP contribution in [0.3, 0.4) is 0 Å². The minimum absolute atomic E-state index is 0.0146. The number of ether oxygens (including phenoxy) is 1. The molecule has 2 amide bonds. The van der Waals surface area contributed by atoms with Gasteiger partial charge in [-0.1, -0.05) is 12.1 Å². The molecule has 27 heavy (non-hydrogen) atoms. The molecule has 0 saturated carbocycles. The van der Waals surface area contributed by atoms with Gasteiger partial charge in [-0.2, -0.15) is 0 Å². The third-order valence-corrected chi connectivity index (χ3v) is 4.89. The van der Waals surface area contributed by atoms with E-state index in [1.807, 2.05) is 24.1 Å². The summed E-state index contributed by atoms with van der Waals surface area (Å²) in [6, 6.07) is 7.43. The number of hydrogen-bond acceptors (Lipinski definition) is 5. The highest BCUT2D eigenvalue weighted by molar-refractivity contribution is 5.93. The van der Waals surface area contributed by atoms with Crippen molar-refractivity contribution in [1.29, 1.82) is 0 Å². The Labute approximate surface area is 162 Å². The lowest BCUT2D eigenvalue weighted by molar-refractivity contribution is -0.122. The first-order chi connectivity index (χ1) is 12.8. The molecule has 2 rings (SSSR count). The average Bonchev–Trinajstić information content (AvgIpc) is 2.67. The van der Waals surface area contributed by atoms with Gasteiger partial charge in [0.15, 0.2) is 0 Å². The van der Waals surface area contributed by atoms with E-state index in [0.717, 1.165) is 31.9 Å². The van der Waals surface area contributed by atoms with E-state index < -0.39 is 0 Å². The number of nitrogens with one attached hydrogen (secondary N) is 2. The lowest BCUT2D eigenvalue weighted by Crippen LogP contribution is -2.56. The topological polar surface area (TPSA) is 73.9 Å². The van der Waals surface area contributed by atoms with Crippen molar-refractivity contribution in [3.05, 3.63) is 35.4 Å². The number of hydrogen-bond donors (Lipinski definition) is 2. The fourth-order valence-electron chi connectivity index (χ4n) is 3.17. The zero-order chi connectivity index (χ0) is 19.9. The minimum Gasteiger partial charge on any atom is -0.379 e. The van der Waals surface area contributed by atoms with Crippen molar-refractivity contribution in [1.82, 2.24) is 20.4 Å². The molecule has 2 N–H and O–H groups in total. The van der Waals surface area contributed by atoms with Gasteiger partial charge in [0, 0.05) is 44.3 Å². The molecule has 1 aromatic carbocycles. The van der Waals surface area contributed by atoms with Gasteiger partial charge >= 0.3 is 0 Å². The largest absolute Gasteiger partial charge is 0.379 e. The van der Waals surface area contributed by atoms with Crippen LogP contribution in [0.25, 0.3) is 0 Å². The number of likely N-dealkylation sites (N-methyl/N-ethyl adjacent to an activating group) is 1. The van der Waals surface area contributed by atoms with E-state index in [4.69, 9.17) is 4.74 Å². The fraction of sp³-hybridized carbons (Fsp3) is 0.600. The Hall–Kier alpha value is -1.96. The highest BCUT2D eigenvalue weighted by Gasteiger charge is 2.28. The van der Waals surface area contributed by atoms with Crippen LogP contribution >= 0.6 is 0 Å². The zero-order valence-electron chi connectivity index (χ0n) is 16.9. The average molecular weight is 377 g/mol. The summed E-state index contributed by atoms with van der Waals surface area (Å²) >= 11 is 0. The molecule has 0 atom stereocenters. The van der Waals surface area contributed by atoms with Crippen LogP contribution in [0.5, 0.6) is 0 Å². The summed E-state index contributed by atoms with van der Waals surface area (Å²) in [6.45, 7) is 9.18. The van der Waals surface area contributed by atoms with Gasteiger partial charge in [0.05, 0.1) is 19.8 Å². The first-order valence-electron chi connectivity index (χ1n) is 9.41. The highest BCUT2D eigenvalue weighted by Crippen LogP contribution is 2.15. The Balaban J connectivity index is 1.77. The minimum atomic E-state index is -0.0998. The van der Waals surface area contributed by atoms with Gasteiger partial charge in [-0.25, -0.2) is 0 Å². The fourth-order valence-corrected chi connectivity index (χ4v) is 3.17. The number of amides is 2. The molecule has 1 fully saturated rings. The predicted molar refractivity (Wildman–Crippen MR) is 106 cm³/mol. The smallest absolute Gasteiger partial charge is 0.251 e. The van der Waals surface area contributed by atoms with Gasteiger partial charge in [-0.3, -0.25) is 19.4 Å². The molecule has 0 bridgehead atoms. The molecule has 1 saturated heterocycles. The molecule has 150 valence electrons. The number of rotatable bonds is 8. The normalized spacial score (nSPS) is 15.6. The Morgan fingerprint density at radius 1 is 1.19 bits per heavy atom. The van der Waals surface area contributed by atoms with E-state index in [-0.39, 0.29) is 17.4 Å². The molecule has 0 aliphatic carbocycles. The second-order valence-electron chi connectivity index (χ2n) is 7.64. The van der Waals surface area contributed by atoms with Crippen molar-refractivity contribution in [3.63, 3.8) is 0 Å². The van der Waals surface area contributed by atoms with Crippen molar-refractivity contribution in [2.45, 2.75) is 25.9 Å². The molecule has 7 nitrogen and oxygen atoms in total. The van der Waals surface area contributed by atoms with E-state index in [1.54, 1.807) is 19.2 Å². The number of benzene rings is 1.